The van der Waals surface area contributed by atoms with Crippen molar-refractivity contribution in [2.75, 3.05) is 25.5 Å². The maximum Gasteiger partial charge on any atom is 0.0483 e. The molecule has 0 bridgehead atoms. The summed E-state index contributed by atoms with van der Waals surface area (Å²) in [5, 5.41) is 3.63. The molecule has 1 aliphatic heterocycles. The maximum atomic E-state index is 5.36. The Hall–Kier alpha value is 0.270. The number of thiol groups is 1. The van der Waals surface area contributed by atoms with Gasteiger partial charge in [-0.15, -0.1) is 0 Å². The highest BCUT2D eigenvalue weighted by Gasteiger charge is 2.30. The Morgan fingerprint density at radius 2 is 2.00 bits per heavy atom. The molecule has 0 unspecified atom stereocenters. The topological polar surface area (TPSA) is 21.3 Å². The molecular weight excluding hydrogens is 182 g/mol. The lowest BCUT2D eigenvalue weighted by Gasteiger charge is -2.37. The normalized spacial score (nSPS) is 22.2. The molecule has 1 saturated heterocycles. The molecule has 0 saturated carbocycles. The van der Waals surface area contributed by atoms with Crippen molar-refractivity contribution in [3.8, 4) is 0 Å². The van der Waals surface area contributed by atoms with Gasteiger partial charge in [0.1, 0.15) is 0 Å². The van der Waals surface area contributed by atoms with Crippen LogP contribution in [0, 0.1) is 5.92 Å². The third-order valence-electron chi connectivity index (χ3n) is 2.64. The summed E-state index contributed by atoms with van der Waals surface area (Å²) >= 11 is 4.43. The van der Waals surface area contributed by atoms with Crippen molar-refractivity contribution < 1.29 is 4.74 Å². The minimum absolute atomic E-state index is 0.242. The number of nitrogens with one attached hydrogen (secondary N) is 1. The SMILES string of the molecule is CC(C)CNC1(CS)CCOCC1. The molecule has 0 aliphatic carbocycles. The Bertz CT molecular complexity index is 144. The van der Waals surface area contributed by atoms with Gasteiger partial charge in [0.2, 0.25) is 0 Å². The van der Waals surface area contributed by atoms with Crippen LogP contribution in [-0.4, -0.2) is 31.1 Å². The first-order valence-corrected chi connectivity index (χ1v) is 5.75. The molecule has 1 fully saturated rings. The smallest absolute Gasteiger partial charge is 0.0483 e. The zero-order valence-electron chi connectivity index (χ0n) is 8.68. The molecule has 2 nitrogen and oxygen atoms in total. The second-order valence-electron chi connectivity index (χ2n) is 4.33. The summed E-state index contributed by atoms with van der Waals surface area (Å²) in [5.74, 6) is 1.63. The van der Waals surface area contributed by atoms with Crippen LogP contribution in [0.5, 0.6) is 0 Å². The Labute approximate surface area is 86.8 Å². The third kappa shape index (κ3) is 3.49. The van der Waals surface area contributed by atoms with E-state index in [4.69, 9.17) is 4.74 Å². The molecular formula is C10H21NOS. The van der Waals surface area contributed by atoms with Crippen molar-refractivity contribution in [3.05, 3.63) is 0 Å². The van der Waals surface area contributed by atoms with Crippen LogP contribution in [0.15, 0.2) is 0 Å². The average Bonchev–Trinajstić information content (AvgIpc) is 2.16. The highest BCUT2D eigenvalue weighted by Crippen LogP contribution is 2.22. The van der Waals surface area contributed by atoms with E-state index < -0.39 is 0 Å². The van der Waals surface area contributed by atoms with Gasteiger partial charge in [-0.3, -0.25) is 0 Å². The van der Waals surface area contributed by atoms with Crippen molar-refractivity contribution in [3.63, 3.8) is 0 Å². The standard InChI is InChI=1S/C10H21NOS/c1-9(2)7-11-10(8-13)3-5-12-6-4-10/h9,11,13H,3-8H2,1-2H3. The fourth-order valence-electron chi connectivity index (χ4n) is 1.57. The van der Waals surface area contributed by atoms with Gasteiger partial charge < -0.3 is 10.1 Å². The van der Waals surface area contributed by atoms with Crippen molar-refractivity contribution in [1.29, 1.82) is 0 Å². The Balaban J connectivity index is 2.38. The van der Waals surface area contributed by atoms with Crippen LogP contribution in [0.1, 0.15) is 26.7 Å². The van der Waals surface area contributed by atoms with E-state index in [-0.39, 0.29) is 5.54 Å². The van der Waals surface area contributed by atoms with Gasteiger partial charge in [0.05, 0.1) is 0 Å². The summed E-state index contributed by atoms with van der Waals surface area (Å²) in [7, 11) is 0. The predicted octanol–water partition coefficient (Wildman–Crippen LogP) is 1.71. The number of rotatable bonds is 4. The van der Waals surface area contributed by atoms with Crippen LogP contribution in [0.2, 0.25) is 0 Å². The van der Waals surface area contributed by atoms with E-state index in [1.807, 2.05) is 0 Å². The number of hydrogen-bond donors (Lipinski definition) is 2. The Morgan fingerprint density at radius 3 is 2.46 bits per heavy atom. The third-order valence-corrected chi connectivity index (χ3v) is 3.24. The van der Waals surface area contributed by atoms with Gasteiger partial charge in [-0.05, 0) is 25.3 Å². The first kappa shape index (κ1) is 11.3. The fourth-order valence-corrected chi connectivity index (χ4v) is 2.00. The molecule has 13 heavy (non-hydrogen) atoms. The Kier molecular flexibility index (Phi) is 4.56. The van der Waals surface area contributed by atoms with Crippen molar-refractivity contribution >= 4 is 12.6 Å². The van der Waals surface area contributed by atoms with Crippen LogP contribution in [0.4, 0.5) is 0 Å². The van der Waals surface area contributed by atoms with Crippen molar-refractivity contribution in [1.82, 2.24) is 5.32 Å². The fraction of sp³-hybridized carbons (Fsp3) is 1.00. The molecule has 1 rings (SSSR count). The van der Waals surface area contributed by atoms with Crippen LogP contribution >= 0.6 is 12.6 Å². The molecule has 1 N–H and O–H groups in total. The molecule has 1 aliphatic rings. The molecule has 1 heterocycles. The lowest BCUT2D eigenvalue weighted by molar-refractivity contribution is 0.0462. The minimum Gasteiger partial charge on any atom is -0.381 e. The van der Waals surface area contributed by atoms with Gasteiger partial charge in [-0.1, -0.05) is 13.8 Å². The quantitative estimate of drug-likeness (QED) is 0.679. The Morgan fingerprint density at radius 1 is 1.38 bits per heavy atom. The second kappa shape index (κ2) is 5.23. The minimum atomic E-state index is 0.242. The summed E-state index contributed by atoms with van der Waals surface area (Å²) in [6.45, 7) is 7.31. The molecule has 78 valence electrons. The van der Waals surface area contributed by atoms with E-state index in [1.165, 1.54) is 0 Å². The zero-order valence-corrected chi connectivity index (χ0v) is 9.57. The van der Waals surface area contributed by atoms with Gasteiger partial charge in [0.25, 0.3) is 0 Å². The predicted molar refractivity (Wildman–Crippen MR) is 59.5 cm³/mol. The largest absolute Gasteiger partial charge is 0.381 e. The van der Waals surface area contributed by atoms with E-state index >= 15 is 0 Å². The molecule has 0 amide bonds. The summed E-state index contributed by atoms with van der Waals surface area (Å²) < 4.78 is 5.36. The second-order valence-corrected chi connectivity index (χ2v) is 4.64. The van der Waals surface area contributed by atoms with Gasteiger partial charge in [0.15, 0.2) is 0 Å². The van der Waals surface area contributed by atoms with E-state index in [0.29, 0.717) is 5.92 Å². The molecule has 0 radical (unpaired) electrons. The summed E-state index contributed by atoms with van der Waals surface area (Å²) in [5.41, 5.74) is 0.242. The highest BCUT2D eigenvalue weighted by atomic mass is 32.1. The van der Waals surface area contributed by atoms with E-state index in [2.05, 4.69) is 31.8 Å². The lowest BCUT2D eigenvalue weighted by Crippen LogP contribution is -2.52. The molecule has 0 atom stereocenters. The van der Waals surface area contributed by atoms with E-state index in [9.17, 15) is 0 Å². The average molecular weight is 203 g/mol. The van der Waals surface area contributed by atoms with Crippen LogP contribution in [-0.2, 0) is 4.74 Å². The highest BCUT2D eigenvalue weighted by molar-refractivity contribution is 7.80. The zero-order chi connectivity index (χ0) is 9.73. The summed E-state index contributed by atoms with van der Waals surface area (Å²) in [4.78, 5) is 0. The van der Waals surface area contributed by atoms with Crippen LogP contribution < -0.4 is 5.32 Å². The number of hydrogen-bond acceptors (Lipinski definition) is 3. The first-order valence-electron chi connectivity index (χ1n) is 5.12. The first-order chi connectivity index (χ1) is 6.18. The van der Waals surface area contributed by atoms with Crippen LogP contribution in [0.3, 0.4) is 0 Å². The molecule has 0 aromatic rings. The van der Waals surface area contributed by atoms with Gasteiger partial charge >= 0.3 is 0 Å². The molecule has 0 spiro atoms. The maximum absolute atomic E-state index is 5.36. The van der Waals surface area contributed by atoms with E-state index in [0.717, 1.165) is 38.4 Å². The lowest BCUT2D eigenvalue weighted by atomic mass is 9.91. The summed E-state index contributed by atoms with van der Waals surface area (Å²) in [6, 6.07) is 0. The monoisotopic (exact) mass is 203 g/mol. The van der Waals surface area contributed by atoms with E-state index in [1.54, 1.807) is 0 Å². The molecule has 3 heteroatoms. The van der Waals surface area contributed by atoms with Crippen molar-refractivity contribution in [2.45, 2.75) is 32.2 Å². The van der Waals surface area contributed by atoms with Crippen LogP contribution in [0.25, 0.3) is 0 Å². The van der Waals surface area contributed by atoms with Gasteiger partial charge in [0, 0.05) is 24.5 Å². The summed E-state index contributed by atoms with van der Waals surface area (Å²) in [6.07, 6.45) is 2.20. The molecule has 0 aromatic heterocycles. The number of ether oxygens (including phenoxy) is 1. The molecule has 0 aromatic carbocycles. The van der Waals surface area contributed by atoms with Gasteiger partial charge in [-0.2, -0.15) is 12.6 Å². The van der Waals surface area contributed by atoms with Crippen molar-refractivity contribution in [2.24, 2.45) is 5.92 Å². The van der Waals surface area contributed by atoms with Gasteiger partial charge in [-0.25, -0.2) is 0 Å².